The zero-order valence-electron chi connectivity index (χ0n) is 25.3. The molecule has 2 aliphatic heterocycles. The molecule has 8 heteroatoms. The lowest BCUT2D eigenvalue weighted by Gasteiger charge is -2.17. The van der Waals surface area contributed by atoms with Gasteiger partial charge in [-0.25, -0.2) is 4.98 Å². The number of aliphatic hydroxyl groups is 1. The number of nitrogens with one attached hydrogen (secondary N) is 3. The average molecular weight is 566 g/mol. The summed E-state index contributed by atoms with van der Waals surface area (Å²) in [7, 11) is 0. The van der Waals surface area contributed by atoms with E-state index in [4.69, 9.17) is 9.97 Å². The molecule has 0 spiro atoms. The Balaban J connectivity index is 1.70. The Morgan fingerprint density at radius 3 is 2.45 bits per heavy atom. The second-order valence-electron chi connectivity index (χ2n) is 11.8. The minimum Gasteiger partial charge on any atom is -0.377 e. The van der Waals surface area contributed by atoms with E-state index in [1.54, 1.807) is 0 Å². The number of fused-ring (bicyclic) bond motifs is 8. The van der Waals surface area contributed by atoms with E-state index in [9.17, 15) is 14.7 Å². The number of aromatic nitrogens is 4. The van der Waals surface area contributed by atoms with E-state index in [2.05, 4.69) is 68.1 Å². The molecule has 1 aliphatic carbocycles. The first-order valence-corrected chi connectivity index (χ1v) is 15.0. The van der Waals surface area contributed by atoms with Gasteiger partial charge in [-0.1, -0.05) is 20.8 Å². The summed E-state index contributed by atoms with van der Waals surface area (Å²) in [4.78, 5) is 43.4. The zero-order valence-corrected chi connectivity index (χ0v) is 25.3. The van der Waals surface area contributed by atoms with Crippen LogP contribution in [0, 0.1) is 13.8 Å². The fourth-order valence-corrected chi connectivity index (χ4v) is 7.12. The number of carbonyl (C=O) groups is 2. The van der Waals surface area contributed by atoms with Crippen LogP contribution in [0.5, 0.6) is 0 Å². The summed E-state index contributed by atoms with van der Waals surface area (Å²) in [6.07, 6.45) is 2.87. The van der Waals surface area contributed by atoms with Crippen LogP contribution < -0.4 is 5.32 Å². The molecular formula is C34H39N5O3. The number of amides is 1. The molecule has 3 aromatic rings. The Morgan fingerprint density at radius 1 is 1.00 bits per heavy atom. The van der Waals surface area contributed by atoms with Gasteiger partial charge in [0.05, 0.1) is 22.6 Å². The van der Waals surface area contributed by atoms with Gasteiger partial charge in [-0.15, -0.1) is 0 Å². The van der Waals surface area contributed by atoms with E-state index in [1.165, 1.54) is 22.3 Å². The molecule has 6 rings (SSSR count). The highest BCUT2D eigenvalue weighted by Crippen LogP contribution is 2.44. The number of Topliss-reactive ketones (excluding diaryl/α,β-unsaturated/α-hetero) is 1. The van der Waals surface area contributed by atoms with E-state index in [1.807, 2.05) is 6.92 Å². The molecule has 3 aliphatic rings. The first-order chi connectivity index (χ1) is 20.2. The predicted molar refractivity (Wildman–Crippen MR) is 166 cm³/mol. The molecule has 0 saturated heterocycles. The maximum atomic E-state index is 13.5. The third-order valence-corrected chi connectivity index (χ3v) is 9.54. The summed E-state index contributed by atoms with van der Waals surface area (Å²) in [5, 5.41) is 11.7. The van der Waals surface area contributed by atoms with Gasteiger partial charge in [-0.2, -0.15) is 0 Å². The SMILES string of the molecule is CCC1=C(C)c2cc3[nH]c(cc4nc(c5c6[nH]c(cc1n2)c(C)c6C(=O)C5)[C@@H](CCC(=O)NCO)C4C)c(C)c3CC. The highest BCUT2D eigenvalue weighted by molar-refractivity contribution is 6.13. The number of aromatic amines is 2. The minimum atomic E-state index is -0.383. The van der Waals surface area contributed by atoms with Gasteiger partial charge < -0.3 is 20.4 Å². The fraction of sp³-hybridized carbons (Fsp3) is 0.412. The second-order valence-corrected chi connectivity index (χ2v) is 11.8. The number of hydrogen-bond donors (Lipinski definition) is 4. The van der Waals surface area contributed by atoms with Crippen LogP contribution >= 0.6 is 0 Å². The average Bonchev–Trinajstić information content (AvgIpc) is 3.70. The van der Waals surface area contributed by atoms with Gasteiger partial charge in [-0.3, -0.25) is 14.6 Å². The first kappa shape index (κ1) is 28.1. The van der Waals surface area contributed by atoms with Crippen molar-refractivity contribution in [1.82, 2.24) is 25.3 Å². The lowest BCUT2D eigenvalue weighted by atomic mass is 9.85. The third-order valence-electron chi connectivity index (χ3n) is 9.54. The van der Waals surface area contributed by atoms with Crippen molar-refractivity contribution in [2.45, 2.75) is 85.5 Å². The Hall–Kier alpha value is -4.04. The van der Waals surface area contributed by atoms with Gasteiger partial charge in [0.15, 0.2) is 5.78 Å². The van der Waals surface area contributed by atoms with E-state index in [0.29, 0.717) is 12.8 Å². The van der Waals surface area contributed by atoms with E-state index in [0.717, 1.165) is 74.4 Å². The monoisotopic (exact) mass is 565 g/mol. The number of aliphatic hydroxyl groups excluding tert-OH is 1. The normalized spacial score (nSPS) is 17.8. The molecular weight excluding hydrogens is 526 g/mol. The molecule has 3 aromatic heterocycles. The molecule has 5 heterocycles. The quantitative estimate of drug-likeness (QED) is 0.261. The molecule has 2 atom stereocenters. The van der Waals surface area contributed by atoms with Gasteiger partial charge in [0.25, 0.3) is 0 Å². The molecule has 1 unspecified atom stereocenters. The van der Waals surface area contributed by atoms with Crippen molar-refractivity contribution in [3.8, 4) is 0 Å². The summed E-state index contributed by atoms with van der Waals surface area (Å²) >= 11 is 0. The summed E-state index contributed by atoms with van der Waals surface area (Å²) in [5.41, 5.74) is 14.9. The number of carbonyl (C=O) groups excluding carboxylic acids is 2. The lowest BCUT2D eigenvalue weighted by molar-refractivity contribution is -0.122. The van der Waals surface area contributed by atoms with E-state index in [-0.39, 0.29) is 36.7 Å². The molecule has 0 aromatic carbocycles. The van der Waals surface area contributed by atoms with Crippen molar-refractivity contribution in [3.63, 3.8) is 0 Å². The maximum absolute atomic E-state index is 13.5. The number of aryl methyl sites for hydroxylation is 3. The Labute approximate surface area is 245 Å². The van der Waals surface area contributed by atoms with Crippen LogP contribution in [0.25, 0.3) is 33.2 Å². The number of rotatable bonds is 6. The molecule has 218 valence electrons. The fourth-order valence-electron chi connectivity index (χ4n) is 7.12. The standard InChI is InChI=1S/C34H39N5O3/c1-7-20-16(3)24-12-26-18(5)22(9-10-31(42)35-15-40)33(38-26)23-11-30(41)32-19(6)27(39-34(23)32)14-29-21(8-2)17(4)25(37-29)13-28(20)36-24/h12-14,18,22,36,39-40H,7-11,15H2,1-6H3,(H,35,42)/t18?,22-/m0/s1. The summed E-state index contributed by atoms with van der Waals surface area (Å²) in [5.74, 6) is -0.105. The van der Waals surface area contributed by atoms with E-state index >= 15 is 0 Å². The summed E-state index contributed by atoms with van der Waals surface area (Å²) in [6.45, 7) is 12.4. The third kappa shape index (κ3) is 4.40. The summed E-state index contributed by atoms with van der Waals surface area (Å²) in [6, 6.07) is 6.39. The first-order valence-electron chi connectivity index (χ1n) is 15.0. The van der Waals surface area contributed by atoms with Crippen molar-refractivity contribution in [1.29, 1.82) is 0 Å². The van der Waals surface area contributed by atoms with Crippen molar-refractivity contribution in [3.05, 3.63) is 68.8 Å². The Kier molecular flexibility index (Phi) is 7.13. The van der Waals surface area contributed by atoms with Crippen LogP contribution in [0.2, 0.25) is 0 Å². The number of ketones is 1. The zero-order chi connectivity index (χ0) is 29.9. The predicted octanol–water partition coefficient (Wildman–Crippen LogP) is 6.31. The molecule has 0 fully saturated rings. The smallest absolute Gasteiger partial charge is 0.221 e. The van der Waals surface area contributed by atoms with Crippen LogP contribution in [0.15, 0.2) is 18.2 Å². The lowest BCUT2D eigenvalue weighted by Crippen LogP contribution is -2.24. The van der Waals surface area contributed by atoms with Gasteiger partial charge >= 0.3 is 0 Å². The van der Waals surface area contributed by atoms with Crippen molar-refractivity contribution >= 4 is 44.9 Å². The number of H-pyrrole nitrogens is 2. The highest BCUT2D eigenvalue weighted by Gasteiger charge is 2.35. The van der Waals surface area contributed by atoms with Crippen LogP contribution in [-0.4, -0.2) is 43.5 Å². The van der Waals surface area contributed by atoms with Gasteiger partial charge in [-0.05, 0) is 86.1 Å². The molecule has 42 heavy (non-hydrogen) atoms. The Bertz CT molecular complexity index is 1840. The second kappa shape index (κ2) is 10.7. The molecule has 4 N–H and O–H groups in total. The molecule has 8 nitrogen and oxygen atoms in total. The largest absolute Gasteiger partial charge is 0.377 e. The van der Waals surface area contributed by atoms with Crippen molar-refractivity contribution < 1.29 is 14.7 Å². The highest BCUT2D eigenvalue weighted by atomic mass is 16.3. The van der Waals surface area contributed by atoms with Gasteiger partial charge in [0.1, 0.15) is 6.73 Å². The van der Waals surface area contributed by atoms with Crippen molar-refractivity contribution in [2.75, 3.05) is 6.73 Å². The molecule has 8 bridgehead atoms. The molecule has 0 saturated carbocycles. The molecule has 1 amide bonds. The van der Waals surface area contributed by atoms with Gasteiger partial charge in [0, 0.05) is 58.0 Å². The molecule has 0 radical (unpaired) electrons. The van der Waals surface area contributed by atoms with Crippen LogP contribution in [0.3, 0.4) is 0 Å². The van der Waals surface area contributed by atoms with Crippen LogP contribution in [-0.2, 0) is 17.6 Å². The summed E-state index contributed by atoms with van der Waals surface area (Å²) < 4.78 is 0. The van der Waals surface area contributed by atoms with Crippen LogP contribution in [0.4, 0.5) is 0 Å². The topological polar surface area (TPSA) is 124 Å². The maximum Gasteiger partial charge on any atom is 0.221 e. The van der Waals surface area contributed by atoms with E-state index < -0.39 is 0 Å². The minimum absolute atomic E-state index is 0.0404. The Morgan fingerprint density at radius 2 is 1.74 bits per heavy atom. The van der Waals surface area contributed by atoms with Crippen molar-refractivity contribution in [2.24, 2.45) is 0 Å². The number of nitrogens with zero attached hydrogens (tertiary/aromatic N) is 2. The van der Waals surface area contributed by atoms with Gasteiger partial charge in [0.2, 0.25) is 5.91 Å². The van der Waals surface area contributed by atoms with Crippen LogP contribution in [0.1, 0.15) is 114 Å². The number of hydrogen-bond acceptors (Lipinski definition) is 5. The number of allylic oxidation sites excluding steroid dienone is 2.